The van der Waals surface area contributed by atoms with Crippen molar-refractivity contribution >= 4 is 29.9 Å². The average Bonchev–Trinajstić information content (AvgIpc) is 2.45. The summed E-state index contributed by atoms with van der Waals surface area (Å²) in [6.07, 6.45) is 2.57. The lowest BCUT2D eigenvalue weighted by Gasteiger charge is -2.35. The number of hydrogen-bond acceptors (Lipinski definition) is 2. The number of aliphatic imine (C=N–C) groups is 1. The Bertz CT molecular complexity index is 550. The number of rotatable bonds is 5. The van der Waals surface area contributed by atoms with Gasteiger partial charge in [0.05, 0.1) is 18.2 Å². The first-order chi connectivity index (χ1) is 10.4. The summed E-state index contributed by atoms with van der Waals surface area (Å²) < 4.78 is 26.3. The normalized spacial score (nSPS) is 17.7. The maximum atomic E-state index is 13.3. The number of nitrogens with one attached hydrogen (secondary N) is 2. The third-order valence-electron chi connectivity index (χ3n) is 3.96. The Kier molecular flexibility index (Phi) is 7.66. The van der Waals surface area contributed by atoms with Crippen LogP contribution in [0.2, 0.25) is 0 Å². The minimum absolute atomic E-state index is 0. The van der Waals surface area contributed by atoms with Gasteiger partial charge in [0, 0.05) is 6.54 Å². The van der Waals surface area contributed by atoms with Gasteiger partial charge in [0.1, 0.15) is 0 Å². The van der Waals surface area contributed by atoms with Gasteiger partial charge in [0.25, 0.3) is 0 Å². The van der Waals surface area contributed by atoms with E-state index in [1.54, 1.807) is 6.07 Å². The van der Waals surface area contributed by atoms with Gasteiger partial charge in [-0.25, -0.2) is 8.78 Å². The molecule has 130 valence electrons. The molecule has 1 aromatic carbocycles. The van der Waals surface area contributed by atoms with E-state index in [1.165, 1.54) is 6.07 Å². The largest absolute Gasteiger partial charge is 0.388 e. The minimum atomic E-state index is -0.864. The van der Waals surface area contributed by atoms with Crippen molar-refractivity contribution in [3.8, 4) is 0 Å². The fraction of sp³-hybridized carbons (Fsp3) is 0.562. The van der Waals surface area contributed by atoms with Crippen LogP contribution in [0.15, 0.2) is 23.2 Å². The summed E-state index contributed by atoms with van der Waals surface area (Å²) in [5, 5.41) is 16.3. The maximum absolute atomic E-state index is 13.3. The molecule has 0 heterocycles. The first-order valence-corrected chi connectivity index (χ1v) is 7.66. The standard InChI is InChI=1S/C16H23F2N3O.HI/c1-3-19-15(20-10-16(22)7-4-8-16)21-11(2)12-5-6-13(17)14(18)9-12;/h5-6,9,11,22H,3-4,7-8,10H2,1-2H3,(H2,19,20,21);1H. The van der Waals surface area contributed by atoms with Crippen LogP contribution < -0.4 is 10.6 Å². The van der Waals surface area contributed by atoms with Crippen molar-refractivity contribution in [2.45, 2.75) is 44.8 Å². The number of nitrogens with zero attached hydrogens (tertiary/aromatic N) is 1. The second-order valence-electron chi connectivity index (χ2n) is 5.81. The molecule has 0 aromatic heterocycles. The fourth-order valence-electron chi connectivity index (χ4n) is 2.36. The molecule has 1 saturated carbocycles. The van der Waals surface area contributed by atoms with Gasteiger partial charge in [-0.1, -0.05) is 6.07 Å². The van der Waals surface area contributed by atoms with Crippen molar-refractivity contribution in [2.75, 3.05) is 13.1 Å². The molecule has 0 spiro atoms. The van der Waals surface area contributed by atoms with E-state index < -0.39 is 17.2 Å². The first kappa shape index (κ1) is 20.1. The lowest BCUT2D eigenvalue weighted by molar-refractivity contribution is -0.0236. The van der Waals surface area contributed by atoms with Gasteiger partial charge in [-0.2, -0.15) is 0 Å². The summed E-state index contributed by atoms with van der Waals surface area (Å²) in [6.45, 7) is 4.80. The van der Waals surface area contributed by atoms with E-state index in [2.05, 4.69) is 15.6 Å². The molecule has 2 rings (SSSR count). The van der Waals surface area contributed by atoms with Crippen LogP contribution in [-0.2, 0) is 0 Å². The van der Waals surface area contributed by atoms with E-state index >= 15 is 0 Å². The Morgan fingerprint density at radius 2 is 2.04 bits per heavy atom. The predicted molar refractivity (Wildman–Crippen MR) is 98.1 cm³/mol. The molecule has 0 aliphatic heterocycles. The molecular weight excluding hydrogens is 415 g/mol. The van der Waals surface area contributed by atoms with Gasteiger partial charge < -0.3 is 15.7 Å². The van der Waals surface area contributed by atoms with Crippen LogP contribution in [0.4, 0.5) is 8.78 Å². The Hall–Kier alpha value is -0.960. The summed E-state index contributed by atoms with van der Waals surface area (Å²) in [5.41, 5.74) is -0.0556. The molecular formula is C16H24F2IN3O. The van der Waals surface area contributed by atoms with E-state index in [-0.39, 0.29) is 30.0 Å². The Morgan fingerprint density at radius 3 is 2.57 bits per heavy atom. The van der Waals surface area contributed by atoms with Gasteiger partial charge in [0.15, 0.2) is 17.6 Å². The zero-order valence-electron chi connectivity index (χ0n) is 13.4. The molecule has 23 heavy (non-hydrogen) atoms. The number of guanidine groups is 1. The highest BCUT2D eigenvalue weighted by atomic mass is 127. The van der Waals surface area contributed by atoms with Crippen LogP contribution in [-0.4, -0.2) is 29.8 Å². The second-order valence-corrected chi connectivity index (χ2v) is 5.81. The maximum Gasteiger partial charge on any atom is 0.191 e. The second kappa shape index (κ2) is 8.77. The Balaban J connectivity index is 0.00000264. The lowest BCUT2D eigenvalue weighted by Crippen LogP contribution is -2.43. The van der Waals surface area contributed by atoms with Crippen molar-refractivity contribution in [1.82, 2.24) is 10.6 Å². The zero-order valence-corrected chi connectivity index (χ0v) is 15.7. The predicted octanol–water partition coefficient (Wildman–Crippen LogP) is 3.11. The fourth-order valence-corrected chi connectivity index (χ4v) is 2.36. The van der Waals surface area contributed by atoms with Crippen molar-refractivity contribution in [1.29, 1.82) is 0 Å². The number of benzene rings is 1. The molecule has 0 saturated heterocycles. The van der Waals surface area contributed by atoms with E-state index in [4.69, 9.17) is 0 Å². The smallest absolute Gasteiger partial charge is 0.191 e. The molecule has 4 nitrogen and oxygen atoms in total. The molecule has 0 radical (unpaired) electrons. The molecule has 1 aromatic rings. The molecule has 1 fully saturated rings. The average molecular weight is 439 g/mol. The van der Waals surface area contributed by atoms with Crippen molar-refractivity contribution in [3.63, 3.8) is 0 Å². The molecule has 1 aliphatic rings. The summed E-state index contributed by atoms with van der Waals surface area (Å²) in [4.78, 5) is 4.39. The van der Waals surface area contributed by atoms with E-state index in [1.807, 2.05) is 13.8 Å². The molecule has 7 heteroatoms. The highest BCUT2D eigenvalue weighted by molar-refractivity contribution is 14.0. The Morgan fingerprint density at radius 1 is 1.35 bits per heavy atom. The SMILES string of the molecule is CCNC(=NCC1(O)CCC1)NC(C)c1ccc(F)c(F)c1.I. The van der Waals surface area contributed by atoms with E-state index in [0.717, 1.165) is 25.3 Å². The van der Waals surface area contributed by atoms with Crippen LogP contribution in [0.3, 0.4) is 0 Å². The van der Waals surface area contributed by atoms with Crippen LogP contribution in [0.1, 0.15) is 44.7 Å². The van der Waals surface area contributed by atoms with Gasteiger partial charge in [-0.3, -0.25) is 4.99 Å². The molecule has 1 unspecified atom stereocenters. The zero-order chi connectivity index (χ0) is 16.2. The first-order valence-electron chi connectivity index (χ1n) is 7.66. The van der Waals surface area contributed by atoms with Gasteiger partial charge in [0.2, 0.25) is 0 Å². The topological polar surface area (TPSA) is 56.7 Å². The quantitative estimate of drug-likeness (QED) is 0.376. The molecule has 0 bridgehead atoms. The van der Waals surface area contributed by atoms with Crippen molar-refractivity contribution in [3.05, 3.63) is 35.4 Å². The molecule has 0 amide bonds. The Labute approximate surface area is 152 Å². The summed E-state index contributed by atoms with van der Waals surface area (Å²) in [5.74, 6) is -1.17. The van der Waals surface area contributed by atoms with Crippen LogP contribution in [0.25, 0.3) is 0 Å². The number of aliphatic hydroxyl groups is 1. The highest BCUT2D eigenvalue weighted by Gasteiger charge is 2.34. The number of halogens is 3. The third kappa shape index (κ3) is 5.56. The van der Waals surface area contributed by atoms with Crippen LogP contribution in [0, 0.1) is 11.6 Å². The third-order valence-corrected chi connectivity index (χ3v) is 3.96. The number of hydrogen-bond donors (Lipinski definition) is 3. The summed E-state index contributed by atoms with van der Waals surface area (Å²) in [7, 11) is 0. The van der Waals surface area contributed by atoms with Gasteiger partial charge >= 0.3 is 0 Å². The molecule has 1 atom stereocenters. The monoisotopic (exact) mass is 439 g/mol. The summed E-state index contributed by atoms with van der Waals surface area (Å²) in [6, 6.07) is 3.60. The highest BCUT2D eigenvalue weighted by Crippen LogP contribution is 2.31. The van der Waals surface area contributed by atoms with Crippen LogP contribution >= 0.6 is 24.0 Å². The molecule has 3 N–H and O–H groups in total. The molecule has 1 aliphatic carbocycles. The summed E-state index contributed by atoms with van der Waals surface area (Å²) >= 11 is 0. The van der Waals surface area contributed by atoms with Crippen LogP contribution in [0.5, 0.6) is 0 Å². The van der Waals surface area contributed by atoms with Gasteiger partial charge in [-0.05, 0) is 50.8 Å². The van der Waals surface area contributed by atoms with E-state index in [9.17, 15) is 13.9 Å². The van der Waals surface area contributed by atoms with E-state index in [0.29, 0.717) is 24.6 Å². The van der Waals surface area contributed by atoms with Crippen molar-refractivity contribution in [2.24, 2.45) is 4.99 Å². The minimum Gasteiger partial charge on any atom is -0.388 e. The van der Waals surface area contributed by atoms with Gasteiger partial charge in [-0.15, -0.1) is 24.0 Å². The lowest BCUT2D eigenvalue weighted by atomic mass is 9.80. The van der Waals surface area contributed by atoms with Crippen molar-refractivity contribution < 1.29 is 13.9 Å².